The third-order valence-electron chi connectivity index (χ3n) is 2.86. The first-order chi connectivity index (χ1) is 8.06. The molecular weight excluding hydrogens is 221 g/mol. The summed E-state index contributed by atoms with van der Waals surface area (Å²) in [6.45, 7) is 2.39. The molecule has 3 nitrogen and oxygen atoms in total. The molecule has 0 amide bonds. The van der Waals surface area contributed by atoms with Crippen LogP contribution in [0.2, 0.25) is 0 Å². The predicted molar refractivity (Wildman–Crippen MR) is 64.3 cm³/mol. The van der Waals surface area contributed by atoms with Crippen LogP contribution in [0.4, 0.5) is 4.39 Å². The number of nitrogens with zero attached hydrogens (tertiary/aromatic N) is 1. The fourth-order valence-electron chi connectivity index (χ4n) is 1.94. The fourth-order valence-corrected chi connectivity index (χ4v) is 1.94. The van der Waals surface area contributed by atoms with Crippen molar-refractivity contribution in [1.29, 1.82) is 0 Å². The normalized spacial score (nSPS) is 12.7. The average molecular weight is 239 g/mol. The Kier molecular flexibility index (Phi) is 5.10. The molecule has 0 heterocycles. The Morgan fingerprint density at radius 2 is 2.12 bits per heavy atom. The van der Waals surface area contributed by atoms with Crippen molar-refractivity contribution in [3.8, 4) is 0 Å². The number of hydrogen-bond acceptors (Lipinski definition) is 2. The molecule has 0 spiro atoms. The first-order valence-corrected chi connectivity index (χ1v) is 5.72. The van der Waals surface area contributed by atoms with E-state index < -0.39 is 5.97 Å². The zero-order valence-electron chi connectivity index (χ0n) is 10.2. The minimum atomic E-state index is -0.833. The maximum Gasteiger partial charge on any atom is 0.304 e. The Morgan fingerprint density at radius 3 is 2.65 bits per heavy atom. The second kappa shape index (κ2) is 6.35. The van der Waals surface area contributed by atoms with Crippen molar-refractivity contribution in [3.05, 3.63) is 35.6 Å². The van der Waals surface area contributed by atoms with Crippen molar-refractivity contribution in [3.63, 3.8) is 0 Å². The number of carboxylic acids is 1. The maximum atomic E-state index is 13.6. The molecule has 17 heavy (non-hydrogen) atoms. The summed E-state index contributed by atoms with van der Waals surface area (Å²) >= 11 is 0. The van der Waals surface area contributed by atoms with Crippen LogP contribution in [0.15, 0.2) is 24.3 Å². The Balaban J connectivity index is 2.77. The van der Waals surface area contributed by atoms with E-state index in [1.165, 1.54) is 6.07 Å². The molecule has 0 radical (unpaired) electrons. The van der Waals surface area contributed by atoms with Crippen molar-refractivity contribution in [2.24, 2.45) is 0 Å². The number of hydrogen-bond donors (Lipinski definition) is 1. The van der Waals surface area contributed by atoms with E-state index in [-0.39, 0.29) is 18.3 Å². The quantitative estimate of drug-likeness (QED) is 0.829. The number of carbonyl (C=O) groups is 1. The number of aliphatic carboxylic acids is 1. The van der Waals surface area contributed by atoms with Gasteiger partial charge in [-0.25, -0.2) is 4.39 Å². The number of rotatable bonds is 6. The summed E-state index contributed by atoms with van der Waals surface area (Å²) in [6.07, 6.45) is 0.818. The molecule has 0 aliphatic heterocycles. The van der Waals surface area contributed by atoms with E-state index in [9.17, 15) is 9.18 Å². The van der Waals surface area contributed by atoms with E-state index in [4.69, 9.17) is 5.11 Å². The monoisotopic (exact) mass is 239 g/mol. The summed E-state index contributed by atoms with van der Waals surface area (Å²) in [5.74, 6) is -1.07. The van der Waals surface area contributed by atoms with Gasteiger partial charge in [0.25, 0.3) is 0 Å². The Morgan fingerprint density at radius 1 is 1.47 bits per heavy atom. The average Bonchev–Trinajstić information content (AvgIpc) is 2.30. The summed E-state index contributed by atoms with van der Waals surface area (Å²) in [6, 6.07) is 6.56. The largest absolute Gasteiger partial charge is 0.481 e. The Bertz CT molecular complexity index is 381. The molecule has 0 aliphatic rings. The van der Waals surface area contributed by atoms with Crippen LogP contribution in [0, 0.1) is 5.82 Å². The molecule has 94 valence electrons. The molecule has 1 aromatic rings. The fraction of sp³-hybridized carbons (Fsp3) is 0.462. The highest BCUT2D eigenvalue weighted by atomic mass is 19.1. The third kappa shape index (κ3) is 3.82. The standard InChI is InChI=1S/C13H18FNO2/c1-3-12(15(2)9-8-13(16)17)10-6-4-5-7-11(10)14/h4-7,12H,3,8-9H2,1-2H3,(H,16,17). The van der Waals surface area contributed by atoms with Crippen molar-refractivity contribution >= 4 is 5.97 Å². The second-order valence-corrected chi connectivity index (χ2v) is 4.07. The zero-order valence-corrected chi connectivity index (χ0v) is 10.2. The lowest BCUT2D eigenvalue weighted by atomic mass is 10.0. The van der Waals surface area contributed by atoms with Gasteiger partial charge in [0.2, 0.25) is 0 Å². The zero-order chi connectivity index (χ0) is 12.8. The first kappa shape index (κ1) is 13.6. The highest BCUT2D eigenvalue weighted by Gasteiger charge is 2.18. The van der Waals surface area contributed by atoms with E-state index in [0.29, 0.717) is 12.1 Å². The summed E-state index contributed by atoms with van der Waals surface area (Å²) < 4.78 is 13.6. The lowest BCUT2D eigenvalue weighted by molar-refractivity contribution is -0.137. The van der Waals surface area contributed by atoms with Crippen LogP contribution in [0.5, 0.6) is 0 Å². The predicted octanol–water partition coefficient (Wildman–Crippen LogP) is 2.68. The van der Waals surface area contributed by atoms with Crippen molar-refractivity contribution in [2.45, 2.75) is 25.8 Å². The molecular formula is C13H18FNO2. The molecule has 0 saturated heterocycles. The minimum absolute atomic E-state index is 0.0709. The maximum absolute atomic E-state index is 13.6. The molecule has 1 aromatic carbocycles. The summed E-state index contributed by atoms with van der Waals surface area (Å²) in [5.41, 5.74) is 0.628. The molecule has 0 fully saturated rings. The van der Waals surface area contributed by atoms with Crippen molar-refractivity contribution in [1.82, 2.24) is 4.90 Å². The SMILES string of the molecule is CCC(c1ccccc1F)N(C)CCC(=O)O. The lowest BCUT2D eigenvalue weighted by Crippen LogP contribution is -2.27. The molecule has 1 unspecified atom stereocenters. The van der Waals surface area contributed by atoms with E-state index in [1.807, 2.05) is 18.9 Å². The molecule has 0 aliphatic carbocycles. The highest BCUT2D eigenvalue weighted by molar-refractivity contribution is 5.66. The lowest BCUT2D eigenvalue weighted by Gasteiger charge is -2.27. The number of halogens is 1. The van der Waals surface area contributed by atoms with Crippen molar-refractivity contribution in [2.75, 3.05) is 13.6 Å². The van der Waals surface area contributed by atoms with Gasteiger partial charge in [-0.05, 0) is 19.5 Å². The minimum Gasteiger partial charge on any atom is -0.481 e. The van der Waals surface area contributed by atoms with Gasteiger partial charge in [-0.2, -0.15) is 0 Å². The summed E-state index contributed by atoms with van der Waals surface area (Å²) in [5, 5.41) is 8.64. The molecule has 1 atom stereocenters. The van der Waals surface area contributed by atoms with Gasteiger partial charge >= 0.3 is 5.97 Å². The Hall–Kier alpha value is -1.42. The molecule has 0 saturated carbocycles. The topological polar surface area (TPSA) is 40.5 Å². The van der Waals surface area contributed by atoms with Crippen molar-refractivity contribution < 1.29 is 14.3 Å². The van der Waals surface area contributed by atoms with Crippen LogP contribution >= 0.6 is 0 Å². The first-order valence-electron chi connectivity index (χ1n) is 5.72. The van der Waals surface area contributed by atoms with Gasteiger partial charge in [0, 0.05) is 18.2 Å². The van der Waals surface area contributed by atoms with Gasteiger partial charge < -0.3 is 5.11 Å². The Labute approximate surface area is 101 Å². The van der Waals surface area contributed by atoms with Crippen LogP contribution in [0.1, 0.15) is 31.4 Å². The number of carboxylic acid groups (broad SMARTS) is 1. The van der Waals surface area contributed by atoms with E-state index in [0.717, 1.165) is 6.42 Å². The summed E-state index contributed by atoms with van der Waals surface area (Å²) in [7, 11) is 1.82. The van der Waals surface area contributed by atoms with E-state index >= 15 is 0 Å². The molecule has 1 N–H and O–H groups in total. The van der Waals surface area contributed by atoms with Gasteiger partial charge in [0.05, 0.1) is 6.42 Å². The van der Waals surface area contributed by atoms with Gasteiger partial charge in [0.1, 0.15) is 5.82 Å². The second-order valence-electron chi connectivity index (χ2n) is 4.07. The van der Waals surface area contributed by atoms with Gasteiger partial charge in [-0.1, -0.05) is 25.1 Å². The van der Waals surface area contributed by atoms with E-state index in [1.54, 1.807) is 18.2 Å². The molecule has 0 aromatic heterocycles. The van der Waals surface area contributed by atoms with Gasteiger partial charge in [-0.15, -0.1) is 0 Å². The van der Waals surface area contributed by atoms with Crippen LogP contribution in [-0.2, 0) is 4.79 Å². The van der Waals surface area contributed by atoms with Crippen LogP contribution < -0.4 is 0 Å². The molecule has 0 bridgehead atoms. The summed E-state index contributed by atoms with van der Waals surface area (Å²) in [4.78, 5) is 12.4. The van der Waals surface area contributed by atoms with Crippen LogP contribution in [0.25, 0.3) is 0 Å². The van der Waals surface area contributed by atoms with Crippen LogP contribution in [0.3, 0.4) is 0 Å². The van der Waals surface area contributed by atoms with E-state index in [2.05, 4.69) is 0 Å². The van der Waals surface area contributed by atoms with Gasteiger partial charge in [0.15, 0.2) is 0 Å². The molecule has 1 rings (SSSR count). The van der Waals surface area contributed by atoms with Gasteiger partial charge in [-0.3, -0.25) is 9.69 Å². The highest BCUT2D eigenvalue weighted by Crippen LogP contribution is 2.25. The third-order valence-corrected chi connectivity index (χ3v) is 2.86. The molecule has 4 heteroatoms. The number of benzene rings is 1. The smallest absolute Gasteiger partial charge is 0.304 e. The van der Waals surface area contributed by atoms with Crippen LogP contribution in [-0.4, -0.2) is 29.6 Å².